The molecule has 2 rings (SSSR count). The van der Waals surface area contributed by atoms with Crippen LogP contribution in [0.15, 0.2) is 30.3 Å². The number of aliphatic hydroxyl groups excluding tert-OH is 1. The third kappa shape index (κ3) is 3.83. The van der Waals surface area contributed by atoms with Crippen molar-refractivity contribution in [2.24, 2.45) is 11.7 Å². The Kier molecular flexibility index (Phi) is 5.37. The fourth-order valence-corrected chi connectivity index (χ4v) is 2.92. The summed E-state index contributed by atoms with van der Waals surface area (Å²) in [5, 5.41) is 10.4. The zero-order valence-corrected chi connectivity index (χ0v) is 12.9. The van der Waals surface area contributed by atoms with Crippen molar-refractivity contribution < 1.29 is 9.90 Å². The highest BCUT2D eigenvalue weighted by atomic mass is 16.3. The smallest absolute Gasteiger partial charge is 0.239 e. The van der Waals surface area contributed by atoms with Gasteiger partial charge in [-0.3, -0.25) is 4.79 Å². The standard InChI is InChI=1S/C17H26N2O2/c1-12(2)16(18)17(21)19-10-6-9-14(19)11-15(20)13-7-4-3-5-8-13/h3-5,7-8,12,14-16,20H,6,9-11,18H2,1-2H3/t14-,15+,16+/m1/s1. The molecule has 1 aromatic rings. The Labute approximate surface area is 126 Å². The van der Waals surface area contributed by atoms with E-state index >= 15 is 0 Å². The number of hydrogen-bond donors (Lipinski definition) is 2. The van der Waals surface area contributed by atoms with Crippen molar-refractivity contribution in [3.8, 4) is 0 Å². The predicted molar refractivity (Wildman–Crippen MR) is 83.6 cm³/mol. The summed E-state index contributed by atoms with van der Waals surface area (Å²) in [7, 11) is 0. The normalized spacial score (nSPS) is 21.6. The lowest BCUT2D eigenvalue weighted by atomic mass is 9.99. The first-order chi connectivity index (χ1) is 10.0. The van der Waals surface area contributed by atoms with Gasteiger partial charge in [0.15, 0.2) is 0 Å². The Morgan fingerprint density at radius 2 is 2.05 bits per heavy atom. The average molecular weight is 290 g/mol. The zero-order valence-electron chi connectivity index (χ0n) is 12.9. The van der Waals surface area contributed by atoms with E-state index < -0.39 is 12.1 Å². The highest BCUT2D eigenvalue weighted by Crippen LogP contribution is 2.28. The molecule has 0 aliphatic carbocycles. The van der Waals surface area contributed by atoms with Gasteiger partial charge < -0.3 is 15.7 Å². The summed E-state index contributed by atoms with van der Waals surface area (Å²) in [6.07, 6.45) is 1.99. The molecule has 1 aliphatic rings. The van der Waals surface area contributed by atoms with Gasteiger partial charge in [0.05, 0.1) is 12.1 Å². The molecule has 3 N–H and O–H groups in total. The summed E-state index contributed by atoms with van der Waals surface area (Å²) >= 11 is 0. The lowest BCUT2D eigenvalue weighted by molar-refractivity contribution is -0.134. The van der Waals surface area contributed by atoms with Crippen LogP contribution in [0.2, 0.25) is 0 Å². The maximum atomic E-state index is 12.4. The molecule has 1 heterocycles. The minimum Gasteiger partial charge on any atom is -0.388 e. The van der Waals surface area contributed by atoms with Crippen LogP contribution < -0.4 is 5.73 Å². The fourth-order valence-electron chi connectivity index (χ4n) is 2.92. The van der Waals surface area contributed by atoms with Crippen LogP contribution in [0, 0.1) is 5.92 Å². The number of amides is 1. The van der Waals surface area contributed by atoms with Gasteiger partial charge in [0.1, 0.15) is 0 Å². The van der Waals surface area contributed by atoms with Gasteiger partial charge in [0.2, 0.25) is 5.91 Å². The molecule has 1 fully saturated rings. The monoisotopic (exact) mass is 290 g/mol. The second-order valence-corrected chi connectivity index (χ2v) is 6.26. The summed E-state index contributed by atoms with van der Waals surface area (Å²) in [4.78, 5) is 14.3. The molecule has 4 heteroatoms. The summed E-state index contributed by atoms with van der Waals surface area (Å²) < 4.78 is 0. The van der Waals surface area contributed by atoms with Crippen LogP contribution in [0.25, 0.3) is 0 Å². The molecule has 0 radical (unpaired) electrons. The molecule has 116 valence electrons. The maximum Gasteiger partial charge on any atom is 0.239 e. The van der Waals surface area contributed by atoms with Crippen LogP contribution >= 0.6 is 0 Å². The number of nitrogens with two attached hydrogens (primary N) is 1. The Balaban J connectivity index is 2.01. The first-order valence-electron chi connectivity index (χ1n) is 7.79. The molecule has 21 heavy (non-hydrogen) atoms. The molecule has 0 spiro atoms. The number of carbonyl (C=O) groups excluding carboxylic acids is 1. The van der Waals surface area contributed by atoms with E-state index in [1.165, 1.54) is 0 Å². The molecule has 1 saturated heterocycles. The molecular weight excluding hydrogens is 264 g/mol. The Hall–Kier alpha value is -1.39. The number of rotatable bonds is 5. The highest BCUT2D eigenvalue weighted by molar-refractivity contribution is 5.82. The molecule has 0 saturated carbocycles. The van der Waals surface area contributed by atoms with Crippen molar-refractivity contribution in [2.45, 2.75) is 51.3 Å². The van der Waals surface area contributed by atoms with Crippen molar-refractivity contribution in [3.05, 3.63) is 35.9 Å². The van der Waals surface area contributed by atoms with Crippen LogP contribution in [0.1, 0.15) is 44.8 Å². The third-order valence-corrected chi connectivity index (χ3v) is 4.34. The second-order valence-electron chi connectivity index (χ2n) is 6.26. The van der Waals surface area contributed by atoms with E-state index in [0.29, 0.717) is 6.42 Å². The van der Waals surface area contributed by atoms with Gasteiger partial charge in [-0.2, -0.15) is 0 Å². The second kappa shape index (κ2) is 7.05. The van der Waals surface area contributed by atoms with Crippen molar-refractivity contribution in [3.63, 3.8) is 0 Å². The van der Waals surface area contributed by atoms with Crippen molar-refractivity contribution in [2.75, 3.05) is 6.54 Å². The van der Waals surface area contributed by atoms with Gasteiger partial charge in [0, 0.05) is 12.6 Å². The number of nitrogens with zero attached hydrogens (tertiary/aromatic N) is 1. The van der Waals surface area contributed by atoms with Crippen LogP contribution in [-0.4, -0.2) is 34.5 Å². The number of aliphatic hydroxyl groups is 1. The van der Waals surface area contributed by atoms with Crippen molar-refractivity contribution in [1.82, 2.24) is 4.90 Å². The lowest BCUT2D eigenvalue weighted by Gasteiger charge is -2.30. The van der Waals surface area contributed by atoms with E-state index in [2.05, 4.69) is 0 Å². The molecule has 4 nitrogen and oxygen atoms in total. The van der Waals surface area contributed by atoms with Crippen LogP contribution in [0.4, 0.5) is 0 Å². The molecule has 3 atom stereocenters. The number of carbonyl (C=O) groups is 1. The molecular formula is C17H26N2O2. The summed E-state index contributed by atoms with van der Waals surface area (Å²) in [6.45, 7) is 4.68. The maximum absolute atomic E-state index is 12.4. The highest BCUT2D eigenvalue weighted by Gasteiger charge is 2.33. The van der Waals surface area contributed by atoms with Gasteiger partial charge in [-0.1, -0.05) is 44.2 Å². The molecule has 1 aliphatic heterocycles. The van der Waals surface area contributed by atoms with Crippen molar-refractivity contribution in [1.29, 1.82) is 0 Å². The Morgan fingerprint density at radius 3 is 2.67 bits per heavy atom. The van der Waals surface area contributed by atoms with Crippen LogP contribution in [0.5, 0.6) is 0 Å². The third-order valence-electron chi connectivity index (χ3n) is 4.34. The first-order valence-corrected chi connectivity index (χ1v) is 7.79. The van der Waals surface area contributed by atoms with E-state index in [4.69, 9.17) is 5.73 Å². The lowest BCUT2D eigenvalue weighted by Crippen LogP contribution is -2.48. The minimum atomic E-state index is -0.528. The number of benzene rings is 1. The molecule has 1 aromatic carbocycles. The largest absolute Gasteiger partial charge is 0.388 e. The summed E-state index contributed by atoms with van der Waals surface area (Å²) in [6, 6.07) is 9.27. The van der Waals surface area contributed by atoms with Gasteiger partial charge in [-0.05, 0) is 30.7 Å². The van der Waals surface area contributed by atoms with E-state index in [1.54, 1.807) is 0 Å². The molecule has 0 aromatic heterocycles. The Morgan fingerprint density at radius 1 is 1.38 bits per heavy atom. The Bertz CT molecular complexity index is 461. The van der Waals surface area contributed by atoms with E-state index in [1.807, 2.05) is 49.1 Å². The quantitative estimate of drug-likeness (QED) is 0.872. The van der Waals surface area contributed by atoms with Crippen LogP contribution in [-0.2, 0) is 4.79 Å². The molecule has 0 bridgehead atoms. The van der Waals surface area contributed by atoms with Gasteiger partial charge in [-0.25, -0.2) is 0 Å². The predicted octanol–water partition coefficient (Wildman–Crippen LogP) is 2.08. The fraction of sp³-hybridized carbons (Fsp3) is 0.588. The zero-order chi connectivity index (χ0) is 15.4. The first kappa shape index (κ1) is 16.0. The topological polar surface area (TPSA) is 66.6 Å². The number of hydrogen-bond acceptors (Lipinski definition) is 3. The van der Waals surface area contributed by atoms with Gasteiger partial charge >= 0.3 is 0 Å². The average Bonchev–Trinajstić information content (AvgIpc) is 2.94. The molecule has 0 unspecified atom stereocenters. The summed E-state index contributed by atoms with van der Waals surface area (Å²) in [5.74, 6) is 0.158. The van der Waals surface area contributed by atoms with Crippen molar-refractivity contribution >= 4 is 5.91 Å². The van der Waals surface area contributed by atoms with E-state index in [-0.39, 0.29) is 17.9 Å². The van der Waals surface area contributed by atoms with Gasteiger partial charge in [-0.15, -0.1) is 0 Å². The molecule has 1 amide bonds. The van der Waals surface area contributed by atoms with E-state index in [0.717, 1.165) is 24.9 Å². The number of likely N-dealkylation sites (tertiary alicyclic amines) is 1. The van der Waals surface area contributed by atoms with Gasteiger partial charge in [0.25, 0.3) is 0 Å². The van der Waals surface area contributed by atoms with Crippen LogP contribution in [0.3, 0.4) is 0 Å². The van der Waals surface area contributed by atoms with E-state index in [9.17, 15) is 9.90 Å². The SMILES string of the molecule is CC(C)[C@H](N)C(=O)N1CCC[C@@H]1C[C@H](O)c1ccccc1. The summed E-state index contributed by atoms with van der Waals surface area (Å²) in [5.41, 5.74) is 6.90. The minimum absolute atomic E-state index is 0.0211.